The molecule has 120 valence electrons. The number of rotatable bonds is 3. The third-order valence-electron chi connectivity index (χ3n) is 3.68. The first-order valence-corrected chi connectivity index (χ1v) is 8.21. The Balaban J connectivity index is 2.15. The Morgan fingerprint density at radius 1 is 1.08 bits per heavy atom. The van der Waals surface area contributed by atoms with Crippen molar-refractivity contribution in [3.05, 3.63) is 80.3 Å². The summed E-state index contributed by atoms with van der Waals surface area (Å²) >= 11 is 9.23. The summed E-state index contributed by atoms with van der Waals surface area (Å²) in [6, 6.07) is 14.1. The summed E-state index contributed by atoms with van der Waals surface area (Å²) in [4.78, 5) is 24.0. The van der Waals surface area contributed by atoms with Gasteiger partial charge in [0, 0.05) is 9.50 Å². The molecule has 0 fully saturated rings. The van der Waals surface area contributed by atoms with Crippen molar-refractivity contribution in [1.82, 2.24) is 5.32 Å². The molecule has 1 heterocycles. The number of benzene rings is 2. The quantitative estimate of drug-likeness (QED) is 0.608. The van der Waals surface area contributed by atoms with E-state index in [1.54, 1.807) is 24.3 Å². The standard InChI is InChI=1S/C18H12BrClN2O2/c19-12-5-1-11(2-6-12)17-14(9-23)15(18(24)22-17)16(21)10-3-7-13(20)8-4-10/h1-9H,21H2,(H,22,24)/b16-15+. The fraction of sp³-hybridized carbons (Fsp3) is 0. The van der Waals surface area contributed by atoms with Crippen LogP contribution in [0.4, 0.5) is 0 Å². The Kier molecular flexibility index (Phi) is 4.55. The average Bonchev–Trinajstić information content (AvgIpc) is 2.92. The second-order valence-corrected chi connectivity index (χ2v) is 6.52. The van der Waals surface area contributed by atoms with Crippen molar-refractivity contribution in [1.29, 1.82) is 0 Å². The van der Waals surface area contributed by atoms with E-state index in [0.717, 1.165) is 10.0 Å². The lowest BCUT2D eigenvalue weighted by molar-refractivity contribution is -0.116. The van der Waals surface area contributed by atoms with Crippen LogP contribution in [0.15, 0.2) is 64.1 Å². The lowest BCUT2D eigenvalue weighted by atomic mass is 9.99. The van der Waals surface area contributed by atoms with E-state index >= 15 is 0 Å². The number of carbonyl (C=O) groups excluding carboxylic acids is 2. The molecule has 4 nitrogen and oxygen atoms in total. The molecule has 0 unspecified atom stereocenters. The number of carbonyl (C=O) groups is 2. The first kappa shape index (κ1) is 16.5. The normalized spacial score (nSPS) is 16.2. The molecule has 0 bridgehead atoms. The second-order valence-electron chi connectivity index (χ2n) is 5.16. The zero-order valence-corrected chi connectivity index (χ0v) is 14.7. The van der Waals surface area contributed by atoms with Gasteiger partial charge in [-0.3, -0.25) is 9.59 Å². The minimum atomic E-state index is -0.400. The van der Waals surface area contributed by atoms with E-state index in [2.05, 4.69) is 21.2 Å². The van der Waals surface area contributed by atoms with Gasteiger partial charge < -0.3 is 11.1 Å². The predicted octanol–water partition coefficient (Wildman–Crippen LogP) is 3.51. The molecule has 0 saturated carbocycles. The molecule has 1 aliphatic heterocycles. The molecule has 1 amide bonds. The fourth-order valence-corrected chi connectivity index (χ4v) is 2.88. The summed E-state index contributed by atoms with van der Waals surface area (Å²) in [6.07, 6.45) is 0.646. The van der Waals surface area contributed by atoms with Crippen molar-refractivity contribution in [2.45, 2.75) is 0 Å². The Bertz CT molecular complexity index is 884. The SMILES string of the molecule is N/C(=C1/C(=O)NC(c2ccc(Br)cc2)=C1C=O)c1ccc(Cl)cc1. The summed E-state index contributed by atoms with van der Waals surface area (Å²) < 4.78 is 0.903. The van der Waals surface area contributed by atoms with Crippen molar-refractivity contribution in [2.75, 3.05) is 0 Å². The number of nitrogens with two attached hydrogens (primary N) is 1. The van der Waals surface area contributed by atoms with Crippen LogP contribution in [-0.4, -0.2) is 12.2 Å². The zero-order chi connectivity index (χ0) is 17.3. The molecule has 3 rings (SSSR count). The first-order chi connectivity index (χ1) is 11.5. The highest BCUT2D eigenvalue weighted by Crippen LogP contribution is 2.31. The van der Waals surface area contributed by atoms with Crippen LogP contribution in [0.3, 0.4) is 0 Å². The summed E-state index contributed by atoms with van der Waals surface area (Å²) in [5.74, 6) is -0.400. The van der Waals surface area contributed by atoms with Gasteiger partial charge in [-0.15, -0.1) is 0 Å². The molecule has 2 aromatic rings. The van der Waals surface area contributed by atoms with Crippen LogP contribution >= 0.6 is 27.5 Å². The van der Waals surface area contributed by atoms with Crippen molar-refractivity contribution >= 4 is 51.1 Å². The monoisotopic (exact) mass is 402 g/mol. The molecule has 0 spiro atoms. The number of halogens is 2. The minimum absolute atomic E-state index is 0.172. The van der Waals surface area contributed by atoms with Gasteiger partial charge in [-0.1, -0.05) is 51.8 Å². The molecule has 0 aromatic heterocycles. The number of nitrogens with one attached hydrogen (secondary N) is 1. The minimum Gasteiger partial charge on any atom is -0.398 e. The van der Waals surface area contributed by atoms with E-state index in [9.17, 15) is 9.59 Å². The van der Waals surface area contributed by atoms with Crippen LogP contribution in [-0.2, 0) is 9.59 Å². The largest absolute Gasteiger partial charge is 0.398 e. The second kappa shape index (κ2) is 6.63. The fourth-order valence-electron chi connectivity index (χ4n) is 2.49. The van der Waals surface area contributed by atoms with Crippen LogP contribution in [0.1, 0.15) is 11.1 Å². The van der Waals surface area contributed by atoms with Gasteiger partial charge >= 0.3 is 0 Å². The molecular weight excluding hydrogens is 392 g/mol. The van der Waals surface area contributed by atoms with Crippen molar-refractivity contribution in [2.24, 2.45) is 5.73 Å². The third-order valence-corrected chi connectivity index (χ3v) is 4.46. The molecule has 0 aliphatic carbocycles. The van der Waals surface area contributed by atoms with Gasteiger partial charge in [0.05, 0.1) is 22.5 Å². The lowest BCUT2D eigenvalue weighted by Crippen LogP contribution is -2.18. The molecule has 0 radical (unpaired) electrons. The van der Waals surface area contributed by atoms with Crippen LogP contribution in [0.25, 0.3) is 11.4 Å². The number of aldehydes is 1. The van der Waals surface area contributed by atoms with Gasteiger partial charge in [-0.2, -0.15) is 0 Å². The number of hydrogen-bond donors (Lipinski definition) is 2. The van der Waals surface area contributed by atoms with Gasteiger partial charge in [0.15, 0.2) is 6.29 Å². The summed E-state index contributed by atoms with van der Waals surface area (Å²) in [7, 11) is 0. The van der Waals surface area contributed by atoms with E-state index in [-0.39, 0.29) is 16.8 Å². The highest BCUT2D eigenvalue weighted by Gasteiger charge is 2.30. The van der Waals surface area contributed by atoms with E-state index in [1.807, 2.05) is 24.3 Å². The van der Waals surface area contributed by atoms with Gasteiger partial charge in [-0.25, -0.2) is 0 Å². The van der Waals surface area contributed by atoms with Gasteiger partial charge in [-0.05, 0) is 35.4 Å². The lowest BCUT2D eigenvalue weighted by Gasteiger charge is -2.06. The van der Waals surface area contributed by atoms with Gasteiger partial charge in [0.1, 0.15) is 0 Å². The Morgan fingerprint density at radius 3 is 2.29 bits per heavy atom. The van der Waals surface area contributed by atoms with Crippen LogP contribution < -0.4 is 11.1 Å². The smallest absolute Gasteiger partial charge is 0.258 e. The van der Waals surface area contributed by atoms with Crippen molar-refractivity contribution in [3.63, 3.8) is 0 Å². The maximum Gasteiger partial charge on any atom is 0.258 e. The summed E-state index contributed by atoms with van der Waals surface area (Å²) in [5.41, 5.74) is 8.61. The highest BCUT2D eigenvalue weighted by molar-refractivity contribution is 9.10. The Hall–Kier alpha value is -2.37. The topological polar surface area (TPSA) is 72.2 Å². The van der Waals surface area contributed by atoms with Crippen molar-refractivity contribution < 1.29 is 9.59 Å². The zero-order valence-electron chi connectivity index (χ0n) is 12.3. The molecule has 3 N–H and O–H groups in total. The average molecular weight is 404 g/mol. The van der Waals surface area contributed by atoms with Crippen LogP contribution in [0.2, 0.25) is 5.02 Å². The molecule has 2 aromatic carbocycles. The molecule has 24 heavy (non-hydrogen) atoms. The maximum atomic E-state index is 12.4. The van der Waals surface area contributed by atoms with E-state index in [4.69, 9.17) is 17.3 Å². The highest BCUT2D eigenvalue weighted by atomic mass is 79.9. The maximum absolute atomic E-state index is 12.4. The summed E-state index contributed by atoms with van der Waals surface area (Å²) in [6.45, 7) is 0. The van der Waals surface area contributed by atoms with Gasteiger partial charge in [0.25, 0.3) is 5.91 Å². The third kappa shape index (κ3) is 3.00. The van der Waals surface area contributed by atoms with E-state index in [0.29, 0.717) is 22.6 Å². The predicted molar refractivity (Wildman–Crippen MR) is 97.8 cm³/mol. The first-order valence-electron chi connectivity index (χ1n) is 7.04. The van der Waals surface area contributed by atoms with E-state index < -0.39 is 5.91 Å². The summed E-state index contributed by atoms with van der Waals surface area (Å²) in [5, 5.41) is 3.30. The molecule has 0 atom stereocenters. The van der Waals surface area contributed by atoms with Crippen molar-refractivity contribution in [3.8, 4) is 0 Å². The number of amides is 1. The molecular formula is C18H12BrClN2O2. The molecule has 1 aliphatic rings. The Morgan fingerprint density at radius 2 is 1.71 bits per heavy atom. The Labute approximate surface area is 152 Å². The van der Waals surface area contributed by atoms with Crippen LogP contribution in [0.5, 0.6) is 0 Å². The van der Waals surface area contributed by atoms with E-state index in [1.165, 1.54) is 0 Å². The number of hydrogen-bond acceptors (Lipinski definition) is 3. The van der Waals surface area contributed by atoms with Gasteiger partial charge in [0.2, 0.25) is 0 Å². The molecule has 0 saturated heterocycles. The van der Waals surface area contributed by atoms with Crippen LogP contribution in [0, 0.1) is 0 Å². The molecule has 6 heteroatoms.